The van der Waals surface area contributed by atoms with Gasteiger partial charge in [-0.05, 0) is 56.9 Å². The summed E-state index contributed by atoms with van der Waals surface area (Å²) in [5, 5.41) is 0.603. The quantitative estimate of drug-likeness (QED) is 0.843. The highest BCUT2D eigenvalue weighted by Gasteiger charge is 2.40. The highest BCUT2D eigenvalue weighted by molar-refractivity contribution is 7.20. The summed E-state index contributed by atoms with van der Waals surface area (Å²) in [5.74, 6) is 0.885. The van der Waals surface area contributed by atoms with Crippen LogP contribution in [-0.4, -0.2) is 32.4 Å². The zero-order valence-electron chi connectivity index (χ0n) is 15.1. The summed E-state index contributed by atoms with van der Waals surface area (Å²) in [7, 11) is 1.70. The van der Waals surface area contributed by atoms with Crippen molar-refractivity contribution in [2.45, 2.75) is 64.5 Å². The fourth-order valence-corrected chi connectivity index (χ4v) is 5.12. The molecule has 134 valence electrons. The lowest BCUT2D eigenvalue weighted by Gasteiger charge is -2.36. The normalized spacial score (nSPS) is 23.8. The van der Waals surface area contributed by atoms with E-state index in [1.165, 1.54) is 35.1 Å². The van der Waals surface area contributed by atoms with Crippen LogP contribution < -0.4 is 5.56 Å². The molecular formula is C19H25N3O2S. The molecule has 2 aromatic heterocycles. The molecule has 5 nitrogen and oxygen atoms in total. The second kappa shape index (κ2) is 6.24. The van der Waals surface area contributed by atoms with Crippen molar-refractivity contribution >= 4 is 27.5 Å². The predicted molar refractivity (Wildman–Crippen MR) is 100 cm³/mol. The van der Waals surface area contributed by atoms with Crippen molar-refractivity contribution in [3.05, 3.63) is 27.1 Å². The number of carbonyl (C=O) groups is 1. The molecule has 0 spiro atoms. The molecule has 2 saturated carbocycles. The maximum absolute atomic E-state index is 13.4. The summed E-state index contributed by atoms with van der Waals surface area (Å²) in [6.45, 7) is 4.19. The Morgan fingerprint density at radius 3 is 2.40 bits per heavy atom. The third-order valence-corrected chi connectivity index (χ3v) is 6.95. The van der Waals surface area contributed by atoms with E-state index in [4.69, 9.17) is 0 Å². The zero-order valence-corrected chi connectivity index (χ0v) is 15.9. The highest BCUT2D eigenvalue weighted by Crippen LogP contribution is 2.38. The number of rotatable bonds is 3. The molecule has 6 heteroatoms. The van der Waals surface area contributed by atoms with E-state index in [-0.39, 0.29) is 11.5 Å². The molecule has 2 aliphatic carbocycles. The average molecular weight is 359 g/mol. The monoisotopic (exact) mass is 359 g/mol. The molecule has 0 aromatic carbocycles. The van der Waals surface area contributed by atoms with E-state index in [1.54, 1.807) is 7.05 Å². The molecule has 0 N–H and O–H groups in total. The SMILES string of the molecule is Cc1c(C(=O)N(C2CCC(C)CC2)C2CC2)sc2ncn(C)c(=O)c12. The van der Waals surface area contributed by atoms with Crippen LogP contribution in [0.3, 0.4) is 0 Å². The van der Waals surface area contributed by atoms with Crippen molar-refractivity contribution in [1.29, 1.82) is 0 Å². The van der Waals surface area contributed by atoms with Crippen molar-refractivity contribution in [3.8, 4) is 0 Å². The van der Waals surface area contributed by atoms with Gasteiger partial charge in [-0.15, -0.1) is 11.3 Å². The van der Waals surface area contributed by atoms with E-state index in [0.717, 1.165) is 37.2 Å². The number of nitrogens with zero attached hydrogens (tertiary/aromatic N) is 3. The Kier molecular flexibility index (Phi) is 4.18. The number of amides is 1. The predicted octanol–water partition coefficient (Wildman–Crippen LogP) is 3.49. The van der Waals surface area contributed by atoms with Crippen LogP contribution >= 0.6 is 11.3 Å². The van der Waals surface area contributed by atoms with Gasteiger partial charge in [-0.1, -0.05) is 6.92 Å². The molecule has 0 bridgehead atoms. The zero-order chi connectivity index (χ0) is 17.7. The molecule has 0 saturated heterocycles. The lowest BCUT2D eigenvalue weighted by atomic mass is 9.86. The van der Waals surface area contributed by atoms with Crippen LogP contribution in [0.15, 0.2) is 11.1 Å². The van der Waals surface area contributed by atoms with Crippen molar-refractivity contribution in [1.82, 2.24) is 14.5 Å². The summed E-state index contributed by atoms with van der Waals surface area (Å²) in [4.78, 5) is 33.7. The number of aromatic nitrogens is 2. The molecule has 0 aliphatic heterocycles. The van der Waals surface area contributed by atoms with E-state index >= 15 is 0 Å². The number of fused-ring (bicyclic) bond motifs is 1. The highest BCUT2D eigenvalue weighted by atomic mass is 32.1. The van der Waals surface area contributed by atoms with Crippen LogP contribution in [-0.2, 0) is 7.05 Å². The van der Waals surface area contributed by atoms with Gasteiger partial charge >= 0.3 is 0 Å². The van der Waals surface area contributed by atoms with Crippen molar-refractivity contribution in [3.63, 3.8) is 0 Å². The van der Waals surface area contributed by atoms with Gasteiger partial charge < -0.3 is 9.47 Å². The first-order valence-corrected chi connectivity index (χ1v) is 10.1. The van der Waals surface area contributed by atoms with E-state index in [2.05, 4.69) is 16.8 Å². The Balaban J connectivity index is 1.71. The smallest absolute Gasteiger partial charge is 0.264 e. The molecule has 0 unspecified atom stereocenters. The van der Waals surface area contributed by atoms with Gasteiger partial charge in [0.25, 0.3) is 11.5 Å². The molecule has 0 atom stereocenters. The molecule has 2 aromatic rings. The molecule has 2 aliphatic rings. The van der Waals surface area contributed by atoms with Crippen molar-refractivity contribution in [2.24, 2.45) is 13.0 Å². The van der Waals surface area contributed by atoms with E-state index in [1.807, 2.05) is 6.92 Å². The van der Waals surface area contributed by atoms with Gasteiger partial charge in [0.1, 0.15) is 4.83 Å². The summed E-state index contributed by atoms with van der Waals surface area (Å²) in [6, 6.07) is 0.753. The first-order chi connectivity index (χ1) is 12.0. The molecule has 2 fully saturated rings. The maximum atomic E-state index is 13.4. The average Bonchev–Trinajstić information content (AvgIpc) is 3.36. The number of hydrogen-bond acceptors (Lipinski definition) is 4. The lowest BCUT2D eigenvalue weighted by Crippen LogP contribution is -2.43. The van der Waals surface area contributed by atoms with Gasteiger partial charge in [-0.25, -0.2) is 4.98 Å². The molecule has 25 heavy (non-hydrogen) atoms. The number of carbonyl (C=O) groups excluding carboxylic acids is 1. The van der Waals surface area contributed by atoms with Crippen LogP contribution in [0.1, 0.15) is 60.7 Å². The molecule has 0 radical (unpaired) electrons. The summed E-state index contributed by atoms with van der Waals surface area (Å²) in [5.41, 5.74) is 0.732. The van der Waals surface area contributed by atoms with Crippen molar-refractivity contribution in [2.75, 3.05) is 0 Å². The molecule has 4 rings (SSSR count). The largest absolute Gasteiger partial charge is 0.332 e. The Morgan fingerprint density at radius 2 is 1.80 bits per heavy atom. The summed E-state index contributed by atoms with van der Waals surface area (Å²) < 4.78 is 1.48. The second-order valence-electron chi connectivity index (χ2n) is 7.75. The first-order valence-electron chi connectivity index (χ1n) is 9.24. The molecule has 2 heterocycles. The standard InChI is InChI=1S/C19H25N3O2S/c1-11-4-6-13(7-5-11)22(14-8-9-14)19(24)16-12(2)15-17(25-16)20-10-21(3)18(15)23/h10-11,13-14H,4-9H2,1-3H3. The maximum Gasteiger partial charge on any atom is 0.264 e. The fourth-order valence-electron chi connectivity index (χ4n) is 4.03. The second-order valence-corrected chi connectivity index (χ2v) is 8.75. The molecular weight excluding hydrogens is 334 g/mol. The van der Waals surface area contributed by atoms with Gasteiger partial charge in [-0.2, -0.15) is 0 Å². The van der Waals surface area contributed by atoms with Gasteiger partial charge in [0.2, 0.25) is 0 Å². The topological polar surface area (TPSA) is 55.2 Å². The van der Waals surface area contributed by atoms with E-state index in [9.17, 15) is 9.59 Å². The van der Waals surface area contributed by atoms with Crippen LogP contribution in [0.5, 0.6) is 0 Å². The lowest BCUT2D eigenvalue weighted by molar-refractivity contribution is 0.0597. The Hall–Kier alpha value is -1.69. The van der Waals surface area contributed by atoms with E-state index in [0.29, 0.717) is 27.2 Å². The summed E-state index contributed by atoms with van der Waals surface area (Å²) >= 11 is 1.38. The Labute approximate surface area is 151 Å². The van der Waals surface area contributed by atoms with Gasteiger partial charge in [0, 0.05) is 19.1 Å². The minimum Gasteiger partial charge on any atom is -0.332 e. The fraction of sp³-hybridized carbons (Fsp3) is 0.632. The van der Waals surface area contributed by atoms with Crippen LogP contribution in [0, 0.1) is 12.8 Å². The van der Waals surface area contributed by atoms with Gasteiger partial charge in [0.05, 0.1) is 16.6 Å². The first kappa shape index (κ1) is 16.8. The van der Waals surface area contributed by atoms with Gasteiger partial charge in [0.15, 0.2) is 0 Å². The Bertz CT molecular complexity index is 873. The minimum atomic E-state index is -0.0673. The number of aryl methyl sites for hydroxylation is 2. The van der Waals surface area contributed by atoms with Gasteiger partial charge in [-0.3, -0.25) is 9.59 Å². The van der Waals surface area contributed by atoms with E-state index < -0.39 is 0 Å². The third-order valence-electron chi connectivity index (χ3n) is 5.76. The minimum absolute atomic E-state index is 0.0673. The Morgan fingerprint density at radius 1 is 1.20 bits per heavy atom. The number of hydrogen-bond donors (Lipinski definition) is 0. The van der Waals surface area contributed by atoms with Crippen LogP contribution in [0.25, 0.3) is 10.2 Å². The summed E-state index contributed by atoms with van der Waals surface area (Å²) in [6.07, 6.45) is 8.38. The third kappa shape index (κ3) is 2.90. The molecule has 1 amide bonds. The van der Waals surface area contributed by atoms with Crippen LogP contribution in [0.4, 0.5) is 0 Å². The number of thiophene rings is 1. The van der Waals surface area contributed by atoms with Crippen molar-refractivity contribution < 1.29 is 4.79 Å². The van der Waals surface area contributed by atoms with Crippen LogP contribution in [0.2, 0.25) is 0 Å².